The molecule has 0 radical (unpaired) electrons. The number of para-hydroxylation sites is 1. The highest BCUT2D eigenvalue weighted by atomic mass is 32.2. The van der Waals surface area contributed by atoms with Crippen LogP contribution >= 0.6 is 0 Å². The molecule has 0 saturated carbocycles. The van der Waals surface area contributed by atoms with Gasteiger partial charge in [-0.15, -0.1) is 0 Å². The molecule has 3 aromatic carbocycles. The molecule has 1 saturated heterocycles. The fourth-order valence-electron chi connectivity index (χ4n) is 5.10. The van der Waals surface area contributed by atoms with Crippen LogP contribution in [-0.4, -0.2) is 33.0 Å². The van der Waals surface area contributed by atoms with Gasteiger partial charge in [-0.1, -0.05) is 78.9 Å². The van der Waals surface area contributed by atoms with Crippen LogP contribution in [0.1, 0.15) is 29.5 Å². The van der Waals surface area contributed by atoms with E-state index >= 15 is 0 Å². The zero-order valence-electron chi connectivity index (χ0n) is 17.7. The van der Waals surface area contributed by atoms with Crippen molar-refractivity contribution in [2.45, 2.75) is 30.6 Å². The summed E-state index contributed by atoms with van der Waals surface area (Å²) in [6.45, 7) is 3.47. The molecule has 2 aliphatic rings. The van der Waals surface area contributed by atoms with Crippen molar-refractivity contribution in [3.05, 3.63) is 102 Å². The third kappa shape index (κ3) is 4.00. The maximum absolute atomic E-state index is 13.4. The van der Waals surface area contributed by atoms with Gasteiger partial charge in [-0.2, -0.15) is 0 Å². The van der Waals surface area contributed by atoms with Crippen LogP contribution < -0.4 is 4.31 Å². The fourth-order valence-corrected chi connectivity index (χ4v) is 6.78. The molecule has 4 nitrogen and oxygen atoms in total. The van der Waals surface area contributed by atoms with E-state index < -0.39 is 10.0 Å². The first-order chi connectivity index (χ1) is 15.1. The van der Waals surface area contributed by atoms with Crippen molar-refractivity contribution in [1.29, 1.82) is 0 Å². The molecule has 0 bridgehead atoms. The van der Waals surface area contributed by atoms with E-state index in [1.54, 1.807) is 4.31 Å². The molecule has 3 aromatic rings. The van der Waals surface area contributed by atoms with Crippen LogP contribution in [0.15, 0.2) is 84.9 Å². The number of benzene rings is 3. The van der Waals surface area contributed by atoms with E-state index in [9.17, 15) is 8.42 Å². The highest BCUT2D eigenvalue weighted by Gasteiger charge is 2.47. The molecule has 2 aliphatic heterocycles. The summed E-state index contributed by atoms with van der Waals surface area (Å²) in [5, 5.41) is 0. The van der Waals surface area contributed by atoms with Gasteiger partial charge in [-0.25, -0.2) is 8.42 Å². The number of likely N-dealkylation sites (tertiary alicyclic amines) is 1. The first-order valence-corrected chi connectivity index (χ1v) is 12.6. The van der Waals surface area contributed by atoms with Crippen LogP contribution in [0.25, 0.3) is 0 Å². The summed E-state index contributed by atoms with van der Waals surface area (Å²) in [4.78, 5) is 2.49. The summed E-state index contributed by atoms with van der Waals surface area (Å²) >= 11 is 0. The van der Waals surface area contributed by atoms with Crippen molar-refractivity contribution in [3.8, 4) is 0 Å². The third-order valence-corrected chi connectivity index (χ3v) is 8.48. The number of sulfonamides is 1. The number of fused-ring (bicyclic) bond motifs is 2. The topological polar surface area (TPSA) is 40.6 Å². The fraction of sp³-hybridized carbons (Fsp3) is 0.308. The van der Waals surface area contributed by atoms with Gasteiger partial charge in [0.15, 0.2) is 0 Å². The Hall–Kier alpha value is -2.63. The minimum Gasteiger partial charge on any atom is -0.299 e. The predicted molar refractivity (Wildman–Crippen MR) is 125 cm³/mol. The van der Waals surface area contributed by atoms with E-state index in [-0.39, 0.29) is 11.2 Å². The molecule has 1 fully saturated rings. The molecule has 0 unspecified atom stereocenters. The smallest absolute Gasteiger partial charge is 0.239 e. The number of hydrogen-bond acceptors (Lipinski definition) is 3. The molecule has 5 rings (SSSR count). The van der Waals surface area contributed by atoms with Gasteiger partial charge in [-0.05, 0) is 48.7 Å². The maximum atomic E-state index is 13.4. The Bertz CT molecular complexity index is 1140. The van der Waals surface area contributed by atoms with E-state index in [0.29, 0.717) is 6.54 Å². The summed E-state index contributed by atoms with van der Waals surface area (Å²) in [5.74, 6) is 0.0401. The van der Waals surface area contributed by atoms with Gasteiger partial charge in [0.2, 0.25) is 10.0 Å². The van der Waals surface area contributed by atoms with Crippen LogP contribution in [0.3, 0.4) is 0 Å². The van der Waals surface area contributed by atoms with Crippen molar-refractivity contribution >= 4 is 15.7 Å². The molecule has 0 amide bonds. The largest absolute Gasteiger partial charge is 0.299 e. The standard InChI is InChI=1S/C26H28N2O2S/c29-31(30,20-23-11-5-2-6-12-23)28-21-26(24-13-7-8-14-25(24)28)15-17-27(18-16-26)19-22-9-3-1-4-10-22/h1-14H,15-21H2. The van der Waals surface area contributed by atoms with Gasteiger partial charge in [-0.3, -0.25) is 9.21 Å². The quantitative estimate of drug-likeness (QED) is 0.593. The SMILES string of the molecule is O=S(=O)(Cc1ccccc1)N1CC2(CCN(Cc3ccccc3)CC2)c2ccccc21. The Morgan fingerprint density at radius 3 is 2.00 bits per heavy atom. The Balaban J connectivity index is 1.37. The number of piperidine rings is 1. The van der Waals surface area contributed by atoms with Crippen molar-refractivity contribution in [2.24, 2.45) is 0 Å². The van der Waals surface area contributed by atoms with Crippen LogP contribution in [0.5, 0.6) is 0 Å². The van der Waals surface area contributed by atoms with Crippen LogP contribution in [0, 0.1) is 0 Å². The molecule has 160 valence electrons. The average molecular weight is 433 g/mol. The Labute approximate surface area is 185 Å². The summed E-state index contributed by atoms with van der Waals surface area (Å²) in [7, 11) is -3.44. The van der Waals surface area contributed by atoms with Crippen molar-refractivity contribution in [1.82, 2.24) is 4.90 Å². The maximum Gasteiger partial charge on any atom is 0.239 e. The second-order valence-electron chi connectivity index (χ2n) is 8.81. The van der Waals surface area contributed by atoms with Crippen LogP contribution in [-0.2, 0) is 27.7 Å². The lowest BCUT2D eigenvalue weighted by molar-refractivity contribution is 0.161. The van der Waals surface area contributed by atoms with Gasteiger partial charge < -0.3 is 0 Å². The number of nitrogens with zero attached hydrogens (tertiary/aromatic N) is 2. The normalized spacial score (nSPS) is 18.3. The lowest BCUT2D eigenvalue weighted by Crippen LogP contribution is -2.45. The minimum absolute atomic E-state index is 0.0401. The van der Waals surface area contributed by atoms with Gasteiger partial charge >= 0.3 is 0 Å². The van der Waals surface area contributed by atoms with Crippen molar-refractivity contribution in [3.63, 3.8) is 0 Å². The van der Waals surface area contributed by atoms with E-state index in [4.69, 9.17) is 0 Å². The zero-order chi connectivity index (χ0) is 21.3. The Morgan fingerprint density at radius 1 is 0.742 bits per heavy atom. The highest BCUT2D eigenvalue weighted by molar-refractivity contribution is 7.92. The molecule has 2 heterocycles. The van der Waals surface area contributed by atoms with E-state index in [0.717, 1.165) is 43.7 Å². The van der Waals surface area contributed by atoms with Gasteiger partial charge in [0, 0.05) is 18.5 Å². The van der Waals surface area contributed by atoms with E-state index in [1.165, 1.54) is 11.1 Å². The lowest BCUT2D eigenvalue weighted by atomic mass is 9.74. The van der Waals surface area contributed by atoms with Crippen molar-refractivity contribution < 1.29 is 8.42 Å². The summed E-state index contributed by atoms with van der Waals surface area (Å²) < 4.78 is 28.5. The third-order valence-electron chi connectivity index (χ3n) is 6.78. The molecular formula is C26H28N2O2S. The summed E-state index contributed by atoms with van der Waals surface area (Å²) in [5.41, 5.74) is 4.14. The summed E-state index contributed by atoms with van der Waals surface area (Å²) in [6.07, 6.45) is 1.96. The first-order valence-electron chi connectivity index (χ1n) is 11.0. The zero-order valence-corrected chi connectivity index (χ0v) is 18.5. The predicted octanol–water partition coefficient (Wildman–Crippen LogP) is 4.57. The lowest BCUT2D eigenvalue weighted by Gasteiger charge is -2.40. The minimum atomic E-state index is -3.44. The molecule has 0 atom stereocenters. The summed E-state index contributed by atoms with van der Waals surface area (Å²) in [6, 6.07) is 28.2. The second kappa shape index (κ2) is 8.13. The first kappa shape index (κ1) is 20.3. The van der Waals surface area contributed by atoms with Crippen molar-refractivity contribution in [2.75, 3.05) is 23.9 Å². The van der Waals surface area contributed by atoms with Gasteiger partial charge in [0.1, 0.15) is 0 Å². The van der Waals surface area contributed by atoms with E-state index in [1.807, 2.05) is 48.5 Å². The van der Waals surface area contributed by atoms with Crippen LogP contribution in [0.4, 0.5) is 5.69 Å². The van der Waals surface area contributed by atoms with Gasteiger partial charge in [0.05, 0.1) is 11.4 Å². The Kier molecular flexibility index (Phi) is 5.32. The number of rotatable bonds is 5. The molecule has 31 heavy (non-hydrogen) atoms. The monoisotopic (exact) mass is 432 g/mol. The molecule has 1 spiro atoms. The van der Waals surface area contributed by atoms with Crippen LogP contribution in [0.2, 0.25) is 0 Å². The van der Waals surface area contributed by atoms with Gasteiger partial charge in [0.25, 0.3) is 0 Å². The second-order valence-corrected chi connectivity index (χ2v) is 10.7. The molecule has 5 heteroatoms. The molecule has 0 aromatic heterocycles. The number of hydrogen-bond donors (Lipinski definition) is 0. The molecule has 0 N–H and O–H groups in total. The Morgan fingerprint density at radius 2 is 1.32 bits per heavy atom. The highest BCUT2D eigenvalue weighted by Crippen LogP contribution is 2.48. The average Bonchev–Trinajstić information content (AvgIpc) is 3.12. The molecule has 0 aliphatic carbocycles. The number of anilines is 1. The molecular weight excluding hydrogens is 404 g/mol. The van der Waals surface area contributed by atoms with E-state index in [2.05, 4.69) is 41.3 Å².